The van der Waals surface area contributed by atoms with Crippen LogP contribution in [0, 0.1) is 5.92 Å². The van der Waals surface area contributed by atoms with Crippen molar-refractivity contribution in [3.05, 3.63) is 40.9 Å². The fraction of sp³-hybridized carbons (Fsp3) is 0.391. The molecule has 0 aliphatic carbocycles. The lowest BCUT2D eigenvalue weighted by Gasteiger charge is -2.32. The molecule has 0 unspecified atom stereocenters. The summed E-state index contributed by atoms with van der Waals surface area (Å²) in [7, 11) is 4.48. The van der Waals surface area contributed by atoms with Crippen LogP contribution >= 0.6 is 23.8 Å². The molecule has 1 heterocycles. The Morgan fingerprint density at radius 3 is 2.22 bits per heavy atom. The number of hydrogen-bond acceptors (Lipinski definition) is 6. The Hall–Kier alpha value is -2.71. The first-order valence-corrected chi connectivity index (χ1v) is 11.1. The molecule has 1 aliphatic heterocycles. The Morgan fingerprint density at radius 2 is 1.69 bits per heavy atom. The summed E-state index contributed by atoms with van der Waals surface area (Å²) >= 11 is 11.8. The summed E-state index contributed by atoms with van der Waals surface area (Å²) in [5.74, 6) is 1.50. The molecular formula is C23H28ClN3O4S. The maximum absolute atomic E-state index is 12.7. The molecule has 2 N–H and O–H groups in total. The van der Waals surface area contributed by atoms with Gasteiger partial charge in [-0.2, -0.15) is 0 Å². The van der Waals surface area contributed by atoms with E-state index < -0.39 is 5.91 Å². The number of amides is 1. The average Bonchev–Trinajstić information content (AvgIpc) is 2.78. The fourth-order valence-corrected chi connectivity index (χ4v) is 4.15. The molecule has 3 rings (SSSR count). The predicted octanol–water partition coefficient (Wildman–Crippen LogP) is 4.73. The van der Waals surface area contributed by atoms with Gasteiger partial charge in [-0.1, -0.05) is 18.5 Å². The van der Waals surface area contributed by atoms with Gasteiger partial charge in [0.2, 0.25) is 5.75 Å². The molecule has 172 valence electrons. The second-order valence-corrected chi connectivity index (χ2v) is 8.47. The molecule has 0 radical (unpaired) electrons. The van der Waals surface area contributed by atoms with Crippen LogP contribution in [0.4, 0.5) is 11.4 Å². The molecule has 1 amide bonds. The summed E-state index contributed by atoms with van der Waals surface area (Å²) in [6.45, 7) is 4.27. The number of carbonyl (C=O) groups is 1. The van der Waals surface area contributed by atoms with Crippen LogP contribution in [0.2, 0.25) is 5.02 Å². The minimum Gasteiger partial charge on any atom is -0.493 e. The second kappa shape index (κ2) is 10.7. The van der Waals surface area contributed by atoms with Gasteiger partial charge in [0.25, 0.3) is 5.91 Å². The highest BCUT2D eigenvalue weighted by molar-refractivity contribution is 7.80. The molecular weight excluding hydrogens is 450 g/mol. The van der Waals surface area contributed by atoms with Crippen LogP contribution in [0.5, 0.6) is 17.2 Å². The van der Waals surface area contributed by atoms with Crippen molar-refractivity contribution >= 4 is 46.2 Å². The van der Waals surface area contributed by atoms with Crippen LogP contribution in [0.3, 0.4) is 0 Å². The molecule has 0 aromatic heterocycles. The van der Waals surface area contributed by atoms with E-state index in [1.54, 1.807) is 12.1 Å². The lowest BCUT2D eigenvalue weighted by molar-refractivity contribution is 0.0977. The van der Waals surface area contributed by atoms with Gasteiger partial charge in [-0.3, -0.25) is 10.1 Å². The number of nitrogens with one attached hydrogen (secondary N) is 2. The molecule has 0 atom stereocenters. The summed E-state index contributed by atoms with van der Waals surface area (Å²) < 4.78 is 15.9. The van der Waals surface area contributed by atoms with Gasteiger partial charge < -0.3 is 24.4 Å². The zero-order chi connectivity index (χ0) is 23.3. The van der Waals surface area contributed by atoms with Crippen LogP contribution in [-0.4, -0.2) is 45.4 Å². The van der Waals surface area contributed by atoms with Crippen LogP contribution in [0.25, 0.3) is 0 Å². The van der Waals surface area contributed by atoms with Crippen molar-refractivity contribution in [2.24, 2.45) is 5.92 Å². The Bertz CT molecular complexity index is 968. The SMILES string of the molecule is COc1cc(C(=O)NC(=S)Nc2ccc(N3CCC(C)CC3)c(Cl)c2)cc(OC)c1OC. The number of ether oxygens (including phenoxy) is 3. The van der Waals surface area contributed by atoms with E-state index in [4.69, 9.17) is 38.0 Å². The molecule has 0 bridgehead atoms. The number of carbonyl (C=O) groups excluding carboxylic acids is 1. The summed E-state index contributed by atoms with van der Waals surface area (Å²) in [6, 6.07) is 8.81. The summed E-state index contributed by atoms with van der Waals surface area (Å²) in [6.07, 6.45) is 2.32. The van der Waals surface area contributed by atoms with E-state index in [1.165, 1.54) is 21.3 Å². The number of thiocarbonyl (C=S) groups is 1. The van der Waals surface area contributed by atoms with Gasteiger partial charge >= 0.3 is 0 Å². The summed E-state index contributed by atoms with van der Waals surface area (Å²) in [5.41, 5.74) is 2.02. The van der Waals surface area contributed by atoms with E-state index in [0.29, 0.717) is 33.5 Å². The zero-order valence-electron chi connectivity index (χ0n) is 18.7. The van der Waals surface area contributed by atoms with E-state index >= 15 is 0 Å². The first-order chi connectivity index (χ1) is 15.4. The molecule has 1 saturated heterocycles. The van der Waals surface area contributed by atoms with Gasteiger partial charge in [-0.05, 0) is 61.3 Å². The number of rotatable bonds is 6. The molecule has 1 aliphatic rings. The van der Waals surface area contributed by atoms with Crippen molar-refractivity contribution in [1.82, 2.24) is 5.32 Å². The molecule has 2 aromatic rings. The number of piperidine rings is 1. The standard InChI is InChI=1S/C23H28ClN3O4S/c1-14-7-9-27(10-8-14)18-6-5-16(13-17(18)24)25-23(32)26-22(28)15-11-19(29-2)21(31-4)20(12-15)30-3/h5-6,11-14H,7-10H2,1-4H3,(H2,25,26,28,32). The molecule has 7 nitrogen and oxygen atoms in total. The molecule has 1 fully saturated rings. The highest BCUT2D eigenvalue weighted by Gasteiger charge is 2.19. The third kappa shape index (κ3) is 5.55. The molecule has 0 saturated carbocycles. The summed E-state index contributed by atoms with van der Waals surface area (Å²) in [5, 5.41) is 6.47. The van der Waals surface area contributed by atoms with Crippen LogP contribution in [-0.2, 0) is 0 Å². The van der Waals surface area contributed by atoms with Crippen molar-refractivity contribution < 1.29 is 19.0 Å². The Labute approximate surface area is 199 Å². The Morgan fingerprint density at radius 1 is 1.06 bits per heavy atom. The monoisotopic (exact) mass is 477 g/mol. The van der Waals surface area contributed by atoms with Crippen LogP contribution in [0.1, 0.15) is 30.1 Å². The van der Waals surface area contributed by atoms with Crippen molar-refractivity contribution in [3.63, 3.8) is 0 Å². The lowest BCUT2D eigenvalue weighted by atomic mass is 9.99. The first kappa shape index (κ1) is 23.9. The molecule has 9 heteroatoms. The third-order valence-corrected chi connectivity index (χ3v) is 5.99. The summed E-state index contributed by atoms with van der Waals surface area (Å²) in [4.78, 5) is 15.0. The number of hydrogen-bond donors (Lipinski definition) is 2. The fourth-order valence-electron chi connectivity index (χ4n) is 3.64. The number of anilines is 2. The van der Waals surface area contributed by atoms with Crippen molar-refractivity contribution in [2.75, 3.05) is 44.6 Å². The van der Waals surface area contributed by atoms with E-state index in [2.05, 4.69) is 22.5 Å². The number of nitrogens with zero attached hydrogens (tertiary/aromatic N) is 1. The quantitative estimate of drug-likeness (QED) is 0.583. The van der Waals surface area contributed by atoms with Crippen molar-refractivity contribution in [1.29, 1.82) is 0 Å². The minimum atomic E-state index is -0.410. The average molecular weight is 478 g/mol. The van der Waals surface area contributed by atoms with E-state index in [9.17, 15) is 4.79 Å². The number of benzene rings is 2. The van der Waals surface area contributed by atoms with Gasteiger partial charge in [0.1, 0.15) is 0 Å². The third-order valence-electron chi connectivity index (χ3n) is 5.48. The largest absolute Gasteiger partial charge is 0.493 e. The maximum Gasteiger partial charge on any atom is 0.257 e. The van der Waals surface area contributed by atoms with Gasteiger partial charge in [0.15, 0.2) is 16.6 Å². The lowest BCUT2D eigenvalue weighted by Crippen LogP contribution is -2.34. The highest BCUT2D eigenvalue weighted by atomic mass is 35.5. The Balaban J connectivity index is 1.67. The van der Waals surface area contributed by atoms with Gasteiger partial charge in [-0.25, -0.2) is 0 Å². The van der Waals surface area contributed by atoms with E-state index in [1.807, 2.05) is 18.2 Å². The van der Waals surface area contributed by atoms with E-state index in [-0.39, 0.29) is 5.11 Å². The zero-order valence-corrected chi connectivity index (χ0v) is 20.2. The molecule has 0 spiro atoms. The number of methoxy groups -OCH3 is 3. The van der Waals surface area contributed by atoms with Crippen molar-refractivity contribution in [2.45, 2.75) is 19.8 Å². The Kier molecular flexibility index (Phi) is 8.04. The van der Waals surface area contributed by atoms with E-state index in [0.717, 1.165) is 37.5 Å². The topological polar surface area (TPSA) is 72.1 Å². The molecule has 2 aromatic carbocycles. The van der Waals surface area contributed by atoms with Crippen LogP contribution in [0.15, 0.2) is 30.3 Å². The minimum absolute atomic E-state index is 0.152. The van der Waals surface area contributed by atoms with Gasteiger partial charge in [0.05, 0.1) is 32.0 Å². The predicted molar refractivity (Wildman–Crippen MR) is 132 cm³/mol. The maximum atomic E-state index is 12.7. The smallest absolute Gasteiger partial charge is 0.257 e. The first-order valence-electron chi connectivity index (χ1n) is 10.3. The molecule has 32 heavy (non-hydrogen) atoms. The normalized spacial score (nSPS) is 14.0. The van der Waals surface area contributed by atoms with Gasteiger partial charge in [-0.15, -0.1) is 0 Å². The van der Waals surface area contributed by atoms with Crippen molar-refractivity contribution in [3.8, 4) is 17.2 Å². The second-order valence-electron chi connectivity index (χ2n) is 7.66. The van der Waals surface area contributed by atoms with Crippen LogP contribution < -0.4 is 29.7 Å². The van der Waals surface area contributed by atoms with Gasteiger partial charge in [0, 0.05) is 24.3 Å². The highest BCUT2D eigenvalue weighted by Crippen LogP contribution is 2.38. The number of halogens is 1.